The number of hydrogen-bond donors (Lipinski definition) is 0. The first-order valence-corrected chi connectivity index (χ1v) is 8.94. The van der Waals surface area contributed by atoms with Crippen molar-refractivity contribution in [3.8, 4) is 11.5 Å². The van der Waals surface area contributed by atoms with Gasteiger partial charge in [-0.3, -0.25) is 4.79 Å². The number of piperidine rings is 1. The molecule has 0 aliphatic carbocycles. The lowest BCUT2D eigenvalue weighted by molar-refractivity contribution is 0.0713. The first kappa shape index (κ1) is 18.1. The third kappa shape index (κ3) is 3.62. The minimum absolute atomic E-state index is 0.0411. The van der Waals surface area contributed by atoms with E-state index in [1.54, 1.807) is 26.4 Å². The normalized spacial score (nSPS) is 16.9. The minimum Gasteiger partial charge on any atom is -0.493 e. The van der Waals surface area contributed by atoms with Gasteiger partial charge in [0.2, 0.25) is 0 Å². The van der Waals surface area contributed by atoms with E-state index in [2.05, 4.69) is 29.2 Å². The second-order valence-electron chi connectivity index (χ2n) is 6.53. The summed E-state index contributed by atoms with van der Waals surface area (Å²) < 4.78 is 10.8. The molecule has 0 saturated carbocycles. The van der Waals surface area contributed by atoms with Crippen LogP contribution in [0.4, 0.5) is 5.69 Å². The Morgan fingerprint density at radius 3 is 2.54 bits per heavy atom. The fourth-order valence-corrected chi connectivity index (χ4v) is 3.56. The Labute approximate surface area is 155 Å². The molecule has 0 spiro atoms. The lowest BCUT2D eigenvalue weighted by atomic mass is 10.0. The smallest absolute Gasteiger partial charge is 0.257 e. The van der Waals surface area contributed by atoms with Gasteiger partial charge in [-0.2, -0.15) is 0 Å². The van der Waals surface area contributed by atoms with Gasteiger partial charge in [0.25, 0.3) is 5.91 Å². The minimum atomic E-state index is -0.0411. The number of benzene rings is 2. The first-order chi connectivity index (χ1) is 12.7. The van der Waals surface area contributed by atoms with Crippen molar-refractivity contribution >= 4 is 11.6 Å². The summed E-state index contributed by atoms with van der Waals surface area (Å²) in [6, 6.07) is 15.9. The fourth-order valence-electron chi connectivity index (χ4n) is 3.56. The second kappa shape index (κ2) is 8.13. The standard InChI is InChI=1S/C21H26N2O3/c1-22(21(24)18-12-7-13-19(25-2)20(18)26-3)17-11-8-14-23(15-17)16-9-5-4-6-10-16/h4-7,9-10,12-13,17H,8,11,14-15H2,1-3H3. The summed E-state index contributed by atoms with van der Waals surface area (Å²) in [4.78, 5) is 17.3. The van der Waals surface area contributed by atoms with Crippen molar-refractivity contribution in [2.45, 2.75) is 18.9 Å². The van der Waals surface area contributed by atoms with Crippen LogP contribution in [0, 0.1) is 0 Å². The van der Waals surface area contributed by atoms with Crippen LogP contribution in [-0.2, 0) is 0 Å². The maximum absolute atomic E-state index is 13.1. The summed E-state index contributed by atoms with van der Waals surface area (Å²) in [5.74, 6) is 1.02. The summed E-state index contributed by atoms with van der Waals surface area (Å²) in [6.07, 6.45) is 2.06. The van der Waals surface area contributed by atoms with Crippen molar-refractivity contribution < 1.29 is 14.3 Å². The quantitative estimate of drug-likeness (QED) is 0.825. The van der Waals surface area contributed by atoms with Gasteiger partial charge in [-0.15, -0.1) is 0 Å². The Morgan fingerprint density at radius 2 is 1.85 bits per heavy atom. The molecule has 5 heteroatoms. The van der Waals surface area contributed by atoms with Gasteiger partial charge in [-0.05, 0) is 37.1 Å². The average molecular weight is 354 g/mol. The topological polar surface area (TPSA) is 42.0 Å². The monoisotopic (exact) mass is 354 g/mol. The zero-order valence-electron chi connectivity index (χ0n) is 15.6. The van der Waals surface area contributed by atoms with E-state index in [1.807, 2.05) is 24.1 Å². The summed E-state index contributed by atoms with van der Waals surface area (Å²) in [6.45, 7) is 1.85. The molecule has 3 rings (SSSR count). The Kier molecular flexibility index (Phi) is 5.66. The van der Waals surface area contributed by atoms with Crippen molar-refractivity contribution in [2.24, 2.45) is 0 Å². The van der Waals surface area contributed by atoms with Crippen LogP contribution >= 0.6 is 0 Å². The Bertz CT molecular complexity index is 748. The highest BCUT2D eigenvalue weighted by atomic mass is 16.5. The van der Waals surface area contributed by atoms with Gasteiger partial charge >= 0.3 is 0 Å². The predicted octanol–water partition coefficient (Wildman–Crippen LogP) is 3.44. The van der Waals surface area contributed by atoms with E-state index in [9.17, 15) is 4.79 Å². The van der Waals surface area contributed by atoms with Crippen LogP contribution in [0.2, 0.25) is 0 Å². The SMILES string of the molecule is COc1cccc(C(=O)N(C)C2CCCN(c3ccccc3)C2)c1OC. The molecule has 138 valence electrons. The van der Waals surface area contributed by atoms with Crippen LogP contribution in [0.15, 0.2) is 48.5 Å². The summed E-state index contributed by atoms with van der Waals surface area (Å²) in [7, 11) is 5.02. The molecule has 0 N–H and O–H groups in total. The maximum Gasteiger partial charge on any atom is 0.257 e. The molecule has 1 aliphatic rings. The van der Waals surface area contributed by atoms with Crippen molar-refractivity contribution in [1.29, 1.82) is 0 Å². The second-order valence-corrected chi connectivity index (χ2v) is 6.53. The maximum atomic E-state index is 13.1. The number of amides is 1. The van der Waals surface area contributed by atoms with Gasteiger partial charge in [0.15, 0.2) is 11.5 Å². The molecule has 1 atom stereocenters. The number of carbonyl (C=O) groups excluding carboxylic acids is 1. The van der Waals surface area contributed by atoms with Crippen molar-refractivity contribution in [3.05, 3.63) is 54.1 Å². The van der Waals surface area contributed by atoms with Crippen molar-refractivity contribution in [3.63, 3.8) is 0 Å². The van der Waals surface area contributed by atoms with Crippen molar-refractivity contribution in [1.82, 2.24) is 4.90 Å². The van der Waals surface area contributed by atoms with Gasteiger partial charge in [0, 0.05) is 31.9 Å². The van der Waals surface area contributed by atoms with Gasteiger partial charge < -0.3 is 19.3 Å². The molecular weight excluding hydrogens is 328 g/mol. The molecule has 5 nitrogen and oxygen atoms in total. The highest BCUT2D eigenvalue weighted by Crippen LogP contribution is 2.32. The highest BCUT2D eigenvalue weighted by Gasteiger charge is 2.28. The van der Waals surface area contributed by atoms with E-state index < -0.39 is 0 Å². The van der Waals surface area contributed by atoms with Crippen LogP contribution in [0.3, 0.4) is 0 Å². The largest absolute Gasteiger partial charge is 0.493 e. The summed E-state index contributed by atoms with van der Waals surface area (Å²) in [5, 5.41) is 0. The van der Waals surface area contributed by atoms with Crippen LogP contribution in [0.5, 0.6) is 11.5 Å². The van der Waals surface area contributed by atoms with Crippen molar-refractivity contribution in [2.75, 3.05) is 39.3 Å². The average Bonchev–Trinajstić information content (AvgIpc) is 2.72. The number of rotatable bonds is 5. The highest BCUT2D eigenvalue weighted by molar-refractivity contribution is 5.98. The van der Waals surface area contributed by atoms with Crippen LogP contribution in [-0.4, -0.2) is 51.2 Å². The summed E-state index contributed by atoms with van der Waals surface area (Å²) >= 11 is 0. The van der Waals surface area contributed by atoms with Crippen LogP contribution < -0.4 is 14.4 Å². The Hall–Kier alpha value is -2.69. The third-order valence-electron chi connectivity index (χ3n) is 5.02. The van der Waals surface area contributed by atoms with Gasteiger partial charge in [0.1, 0.15) is 0 Å². The lowest BCUT2D eigenvalue weighted by Crippen LogP contribution is -2.48. The molecule has 1 heterocycles. The molecule has 1 unspecified atom stereocenters. The molecule has 1 aliphatic heterocycles. The zero-order chi connectivity index (χ0) is 18.5. The van der Waals surface area contributed by atoms with Crippen LogP contribution in [0.1, 0.15) is 23.2 Å². The fraction of sp³-hybridized carbons (Fsp3) is 0.381. The zero-order valence-corrected chi connectivity index (χ0v) is 15.6. The predicted molar refractivity (Wildman–Crippen MR) is 103 cm³/mol. The molecule has 0 bridgehead atoms. The van der Waals surface area contributed by atoms with E-state index in [0.29, 0.717) is 17.1 Å². The molecule has 2 aromatic carbocycles. The van der Waals surface area contributed by atoms with E-state index in [1.165, 1.54) is 5.69 Å². The number of methoxy groups -OCH3 is 2. The molecule has 26 heavy (non-hydrogen) atoms. The molecule has 0 radical (unpaired) electrons. The molecule has 0 aromatic heterocycles. The molecule has 2 aromatic rings. The molecule has 1 saturated heterocycles. The molecule has 1 amide bonds. The number of anilines is 1. The first-order valence-electron chi connectivity index (χ1n) is 8.94. The van der Waals surface area contributed by atoms with E-state index >= 15 is 0 Å². The van der Waals surface area contributed by atoms with E-state index in [-0.39, 0.29) is 11.9 Å². The van der Waals surface area contributed by atoms with E-state index in [4.69, 9.17) is 9.47 Å². The van der Waals surface area contributed by atoms with Gasteiger partial charge in [-0.1, -0.05) is 24.3 Å². The van der Waals surface area contributed by atoms with Gasteiger partial charge in [-0.25, -0.2) is 0 Å². The number of likely N-dealkylation sites (N-methyl/N-ethyl adjacent to an activating group) is 1. The Morgan fingerprint density at radius 1 is 1.08 bits per heavy atom. The molecule has 1 fully saturated rings. The van der Waals surface area contributed by atoms with Crippen LogP contribution in [0.25, 0.3) is 0 Å². The van der Waals surface area contributed by atoms with Gasteiger partial charge in [0.05, 0.1) is 19.8 Å². The third-order valence-corrected chi connectivity index (χ3v) is 5.02. The number of carbonyl (C=O) groups is 1. The summed E-state index contributed by atoms with van der Waals surface area (Å²) in [5.41, 5.74) is 1.74. The van der Waals surface area contributed by atoms with E-state index in [0.717, 1.165) is 25.9 Å². The number of para-hydroxylation sites is 2. The lowest BCUT2D eigenvalue weighted by Gasteiger charge is -2.39. The number of nitrogens with zero attached hydrogens (tertiary/aromatic N) is 2. The molecular formula is C21H26N2O3. The number of ether oxygens (including phenoxy) is 2. The Balaban J connectivity index is 1.78. The number of hydrogen-bond acceptors (Lipinski definition) is 4.